The number of nitrogens with one attached hydrogen (secondary N) is 1. The highest BCUT2D eigenvalue weighted by Gasteiger charge is 2.21. The molecule has 3 heterocycles. The van der Waals surface area contributed by atoms with Crippen molar-refractivity contribution in [3.8, 4) is 0 Å². The molecule has 0 spiro atoms. The maximum Gasteiger partial charge on any atom is 0.0948 e. The monoisotopic (exact) mass is 270 g/mol. The first kappa shape index (κ1) is 13.3. The number of rotatable bonds is 4. The fourth-order valence-electron chi connectivity index (χ4n) is 2.96. The van der Waals surface area contributed by atoms with E-state index in [2.05, 4.69) is 32.8 Å². The Balaban J connectivity index is 1.67. The summed E-state index contributed by atoms with van der Waals surface area (Å²) in [5.41, 5.74) is 2.45. The molecule has 2 unspecified atom stereocenters. The fourth-order valence-corrected chi connectivity index (χ4v) is 2.96. The minimum Gasteiger partial charge on any atom is -0.333 e. The Morgan fingerprint density at radius 2 is 2.30 bits per heavy atom. The summed E-state index contributed by atoms with van der Waals surface area (Å²) in [6, 6.07) is 7.14. The van der Waals surface area contributed by atoms with Crippen molar-refractivity contribution in [2.75, 3.05) is 0 Å². The van der Waals surface area contributed by atoms with E-state index in [1.165, 1.54) is 25.0 Å². The van der Waals surface area contributed by atoms with Crippen molar-refractivity contribution in [3.05, 3.63) is 48.3 Å². The van der Waals surface area contributed by atoms with E-state index in [0.29, 0.717) is 12.1 Å². The Bertz CT molecular complexity index is 534. The molecule has 0 saturated carbocycles. The van der Waals surface area contributed by atoms with Crippen LogP contribution in [0.3, 0.4) is 0 Å². The average molecular weight is 270 g/mol. The lowest BCUT2D eigenvalue weighted by Gasteiger charge is -2.29. The molecule has 2 atom stereocenters. The molecule has 0 amide bonds. The Morgan fingerprint density at radius 1 is 1.35 bits per heavy atom. The minimum absolute atomic E-state index is 0.449. The van der Waals surface area contributed by atoms with Crippen LogP contribution in [0, 0.1) is 0 Å². The van der Waals surface area contributed by atoms with Crippen LogP contribution in [0.25, 0.3) is 0 Å². The van der Waals surface area contributed by atoms with E-state index in [1.54, 1.807) is 0 Å². The Labute approximate surface area is 120 Å². The van der Waals surface area contributed by atoms with Gasteiger partial charge in [-0.05, 0) is 38.3 Å². The number of hydrogen-bond donors (Lipinski definition) is 1. The zero-order chi connectivity index (χ0) is 13.8. The molecular weight excluding hydrogens is 248 g/mol. The summed E-state index contributed by atoms with van der Waals surface area (Å²) in [5, 5.41) is 3.68. The number of hydrogen-bond acceptors (Lipinski definition) is 3. The van der Waals surface area contributed by atoms with Crippen LogP contribution in [0.2, 0.25) is 0 Å². The second-order valence-electron chi connectivity index (χ2n) is 5.63. The van der Waals surface area contributed by atoms with Gasteiger partial charge < -0.3 is 9.88 Å². The van der Waals surface area contributed by atoms with Gasteiger partial charge in [-0.1, -0.05) is 6.07 Å². The van der Waals surface area contributed by atoms with E-state index >= 15 is 0 Å². The summed E-state index contributed by atoms with van der Waals surface area (Å²) in [4.78, 5) is 8.72. The molecule has 0 aliphatic carbocycles. The predicted molar refractivity (Wildman–Crippen MR) is 79.4 cm³/mol. The van der Waals surface area contributed by atoms with Crippen LogP contribution in [0.5, 0.6) is 0 Å². The molecule has 20 heavy (non-hydrogen) atoms. The number of nitrogens with zero attached hydrogens (tertiary/aromatic N) is 3. The molecule has 1 saturated heterocycles. The first-order valence-corrected chi connectivity index (χ1v) is 7.49. The Kier molecular flexibility index (Phi) is 4.11. The topological polar surface area (TPSA) is 42.7 Å². The average Bonchev–Trinajstić information content (AvgIpc) is 2.95. The van der Waals surface area contributed by atoms with E-state index in [-0.39, 0.29) is 0 Å². The van der Waals surface area contributed by atoms with Crippen molar-refractivity contribution in [2.45, 2.75) is 51.2 Å². The van der Waals surface area contributed by atoms with Gasteiger partial charge in [-0.2, -0.15) is 0 Å². The van der Waals surface area contributed by atoms with Crippen LogP contribution < -0.4 is 5.32 Å². The summed E-state index contributed by atoms with van der Waals surface area (Å²) in [6.45, 7) is 3.21. The molecule has 4 heteroatoms. The molecule has 2 aromatic heterocycles. The highest BCUT2D eigenvalue weighted by molar-refractivity contribution is 5.09. The molecule has 0 aromatic carbocycles. The van der Waals surface area contributed by atoms with Crippen molar-refractivity contribution < 1.29 is 0 Å². The largest absolute Gasteiger partial charge is 0.333 e. The molecule has 2 aromatic rings. The predicted octanol–water partition coefficient (Wildman–Crippen LogP) is 2.72. The second kappa shape index (κ2) is 6.18. The summed E-state index contributed by atoms with van der Waals surface area (Å²) >= 11 is 0. The van der Waals surface area contributed by atoms with Gasteiger partial charge >= 0.3 is 0 Å². The first-order chi connectivity index (χ1) is 9.83. The van der Waals surface area contributed by atoms with Gasteiger partial charge in [0.2, 0.25) is 0 Å². The van der Waals surface area contributed by atoms with E-state index < -0.39 is 0 Å². The van der Waals surface area contributed by atoms with Crippen molar-refractivity contribution in [1.82, 2.24) is 19.9 Å². The smallest absolute Gasteiger partial charge is 0.0948 e. The number of pyridine rings is 1. The van der Waals surface area contributed by atoms with Crippen molar-refractivity contribution in [2.24, 2.45) is 0 Å². The van der Waals surface area contributed by atoms with Gasteiger partial charge in [-0.15, -0.1) is 0 Å². The Hall–Kier alpha value is -1.68. The normalized spacial score (nSPS) is 22.9. The van der Waals surface area contributed by atoms with Crippen LogP contribution in [-0.2, 0) is 13.0 Å². The number of aryl methyl sites for hydroxylation is 2. The molecule has 1 aliphatic heterocycles. The SMILES string of the molecule is CC1CCCC(c2cncn2CCc2ccccn2)N1. The van der Waals surface area contributed by atoms with E-state index in [4.69, 9.17) is 0 Å². The van der Waals surface area contributed by atoms with Gasteiger partial charge in [-0.3, -0.25) is 4.98 Å². The quantitative estimate of drug-likeness (QED) is 0.929. The van der Waals surface area contributed by atoms with Crippen molar-refractivity contribution in [3.63, 3.8) is 0 Å². The first-order valence-electron chi connectivity index (χ1n) is 7.49. The summed E-state index contributed by atoms with van der Waals surface area (Å²) in [5.74, 6) is 0. The van der Waals surface area contributed by atoms with Crippen LogP contribution in [0.15, 0.2) is 36.9 Å². The van der Waals surface area contributed by atoms with Crippen molar-refractivity contribution in [1.29, 1.82) is 0 Å². The van der Waals surface area contributed by atoms with Crippen molar-refractivity contribution >= 4 is 0 Å². The van der Waals surface area contributed by atoms with Gasteiger partial charge in [0.25, 0.3) is 0 Å². The van der Waals surface area contributed by atoms with Gasteiger partial charge in [0.05, 0.1) is 12.0 Å². The molecule has 1 aliphatic rings. The van der Waals surface area contributed by atoms with Gasteiger partial charge in [0.1, 0.15) is 0 Å². The molecule has 3 rings (SSSR count). The van der Waals surface area contributed by atoms with Crippen LogP contribution in [0.4, 0.5) is 0 Å². The van der Waals surface area contributed by atoms with E-state index in [0.717, 1.165) is 18.7 Å². The third kappa shape index (κ3) is 3.07. The van der Waals surface area contributed by atoms with Gasteiger partial charge in [-0.25, -0.2) is 4.98 Å². The maximum atomic E-state index is 4.38. The number of imidazole rings is 1. The third-order valence-corrected chi connectivity index (χ3v) is 4.05. The lowest BCUT2D eigenvalue weighted by atomic mass is 9.97. The van der Waals surface area contributed by atoms with Crippen LogP contribution in [0.1, 0.15) is 43.6 Å². The molecular formula is C16H22N4. The van der Waals surface area contributed by atoms with Crippen LogP contribution >= 0.6 is 0 Å². The standard InChI is InChI=1S/C16H22N4/c1-13-5-4-7-15(19-13)16-11-17-12-20(16)10-8-14-6-2-3-9-18-14/h2-3,6,9,11-13,15,19H,4-5,7-8,10H2,1H3. The van der Waals surface area contributed by atoms with Gasteiger partial charge in [0, 0.05) is 43.1 Å². The zero-order valence-corrected chi connectivity index (χ0v) is 12.0. The summed E-state index contributed by atoms with van der Waals surface area (Å²) in [7, 11) is 0. The molecule has 4 nitrogen and oxygen atoms in total. The van der Waals surface area contributed by atoms with Crippen LogP contribution in [-0.4, -0.2) is 20.6 Å². The second-order valence-corrected chi connectivity index (χ2v) is 5.63. The van der Waals surface area contributed by atoms with E-state index in [1.807, 2.05) is 30.9 Å². The highest BCUT2D eigenvalue weighted by Crippen LogP contribution is 2.25. The fraction of sp³-hybridized carbons (Fsp3) is 0.500. The maximum absolute atomic E-state index is 4.38. The molecule has 0 radical (unpaired) electrons. The molecule has 106 valence electrons. The zero-order valence-electron chi connectivity index (χ0n) is 12.0. The molecule has 1 N–H and O–H groups in total. The molecule has 0 bridgehead atoms. The number of piperidine rings is 1. The lowest BCUT2D eigenvalue weighted by Crippen LogP contribution is -2.35. The molecule has 1 fully saturated rings. The number of aromatic nitrogens is 3. The minimum atomic E-state index is 0.449. The highest BCUT2D eigenvalue weighted by atomic mass is 15.1. The van der Waals surface area contributed by atoms with E-state index in [9.17, 15) is 0 Å². The Morgan fingerprint density at radius 3 is 3.10 bits per heavy atom. The summed E-state index contributed by atoms with van der Waals surface area (Å²) in [6.07, 6.45) is 10.5. The van der Waals surface area contributed by atoms with Gasteiger partial charge in [0.15, 0.2) is 0 Å². The lowest BCUT2D eigenvalue weighted by molar-refractivity contribution is 0.329. The third-order valence-electron chi connectivity index (χ3n) is 4.05. The summed E-state index contributed by atoms with van der Waals surface area (Å²) < 4.78 is 2.27.